The summed E-state index contributed by atoms with van der Waals surface area (Å²) in [5, 5.41) is 2.06. The number of cyclic esters (lactones) is 1. The molecular weight excluding hydrogens is 216 g/mol. The average Bonchev–Trinajstić information content (AvgIpc) is 2.25. The predicted molar refractivity (Wildman–Crippen MR) is 64.1 cm³/mol. The number of benzene rings is 2. The fourth-order valence-electron chi connectivity index (χ4n) is 2.03. The van der Waals surface area contributed by atoms with Crippen molar-refractivity contribution in [2.45, 2.75) is 19.6 Å². The molecule has 0 N–H and O–H groups in total. The monoisotopic (exact) mass is 228 g/mol. The fourth-order valence-corrected chi connectivity index (χ4v) is 2.03. The van der Waals surface area contributed by atoms with E-state index in [0.717, 1.165) is 10.8 Å². The van der Waals surface area contributed by atoms with Crippen LogP contribution in [0.1, 0.15) is 24.2 Å². The van der Waals surface area contributed by atoms with E-state index in [9.17, 15) is 4.79 Å². The molecule has 0 fully saturated rings. The van der Waals surface area contributed by atoms with Crippen molar-refractivity contribution >= 4 is 16.7 Å². The molecule has 86 valence electrons. The van der Waals surface area contributed by atoms with Gasteiger partial charge in [-0.3, -0.25) is 0 Å². The van der Waals surface area contributed by atoms with Crippen LogP contribution in [-0.2, 0) is 4.74 Å². The minimum atomic E-state index is -0.896. The lowest BCUT2D eigenvalue weighted by molar-refractivity contribution is -0.127. The molecule has 3 nitrogen and oxygen atoms in total. The number of hydrogen-bond donors (Lipinski definition) is 0. The number of carbonyl (C=O) groups excluding carboxylic acids is 1. The molecule has 17 heavy (non-hydrogen) atoms. The second-order valence-corrected chi connectivity index (χ2v) is 4.59. The minimum Gasteiger partial charge on any atom is -0.452 e. The summed E-state index contributed by atoms with van der Waals surface area (Å²) in [7, 11) is 0. The summed E-state index contributed by atoms with van der Waals surface area (Å²) in [5.41, 5.74) is 0.489. The number of rotatable bonds is 0. The van der Waals surface area contributed by atoms with Crippen LogP contribution in [0, 0.1) is 0 Å². The Hall–Kier alpha value is -2.03. The van der Waals surface area contributed by atoms with Gasteiger partial charge in [0.1, 0.15) is 11.3 Å². The molecular formula is C14H12O3. The largest absolute Gasteiger partial charge is 0.452 e. The van der Waals surface area contributed by atoms with Crippen LogP contribution in [0.15, 0.2) is 36.4 Å². The SMILES string of the molecule is CC1(C)OC(=O)c2cc3ccccc3cc2O1. The van der Waals surface area contributed by atoms with Gasteiger partial charge in [0.2, 0.25) is 5.79 Å². The first kappa shape index (κ1) is 10.1. The first-order chi connectivity index (χ1) is 8.05. The Balaban J connectivity index is 2.25. The van der Waals surface area contributed by atoms with Gasteiger partial charge in [0, 0.05) is 13.8 Å². The molecule has 3 heteroatoms. The third kappa shape index (κ3) is 1.64. The van der Waals surface area contributed by atoms with Crippen molar-refractivity contribution in [3.8, 4) is 5.75 Å². The molecule has 2 aromatic rings. The molecule has 3 rings (SSSR count). The zero-order valence-corrected chi connectivity index (χ0v) is 9.69. The molecule has 2 aromatic carbocycles. The van der Waals surface area contributed by atoms with Gasteiger partial charge in [-0.2, -0.15) is 0 Å². The van der Waals surface area contributed by atoms with Crippen molar-refractivity contribution in [3.05, 3.63) is 42.0 Å². The van der Waals surface area contributed by atoms with E-state index in [-0.39, 0.29) is 5.97 Å². The highest BCUT2D eigenvalue weighted by molar-refractivity contribution is 5.99. The van der Waals surface area contributed by atoms with Crippen molar-refractivity contribution in [3.63, 3.8) is 0 Å². The van der Waals surface area contributed by atoms with Gasteiger partial charge in [-0.05, 0) is 22.9 Å². The number of esters is 1. The van der Waals surface area contributed by atoms with Crippen molar-refractivity contribution in [2.24, 2.45) is 0 Å². The van der Waals surface area contributed by atoms with E-state index in [2.05, 4.69) is 0 Å². The number of ether oxygens (including phenoxy) is 2. The molecule has 0 atom stereocenters. The third-order valence-electron chi connectivity index (χ3n) is 2.76. The highest BCUT2D eigenvalue weighted by atomic mass is 16.7. The van der Waals surface area contributed by atoms with Crippen molar-refractivity contribution in [2.75, 3.05) is 0 Å². The molecule has 0 unspecified atom stereocenters. The van der Waals surface area contributed by atoms with E-state index in [1.165, 1.54) is 0 Å². The van der Waals surface area contributed by atoms with Crippen LogP contribution in [0.5, 0.6) is 5.75 Å². The Kier molecular flexibility index (Phi) is 1.93. The molecule has 0 saturated carbocycles. The second kappa shape index (κ2) is 3.23. The van der Waals surface area contributed by atoms with Gasteiger partial charge < -0.3 is 9.47 Å². The van der Waals surface area contributed by atoms with E-state index in [4.69, 9.17) is 9.47 Å². The summed E-state index contributed by atoms with van der Waals surface area (Å²) in [6.45, 7) is 3.45. The normalized spacial score (nSPS) is 17.2. The van der Waals surface area contributed by atoms with E-state index >= 15 is 0 Å². The van der Waals surface area contributed by atoms with Gasteiger partial charge in [0.05, 0.1) is 0 Å². The smallest absolute Gasteiger partial charge is 0.345 e. The summed E-state index contributed by atoms with van der Waals surface area (Å²) < 4.78 is 10.8. The summed E-state index contributed by atoms with van der Waals surface area (Å²) in [6.07, 6.45) is 0. The molecule has 0 amide bonds. The van der Waals surface area contributed by atoms with Gasteiger partial charge in [0.15, 0.2) is 0 Å². The Morgan fingerprint density at radius 2 is 1.65 bits per heavy atom. The van der Waals surface area contributed by atoms with Crippen molar-refractivity contribution < 1.29 is 14.3 Å². The Morgan fingerprint density at radius 1 is 1.00 bits per heavy atom. The first-order valence-electron chi connectivity index (χ1n) is 5.50. The minimum absolute atomic E-state index is 0.331. The maximum Gasteiger partial charge on any atom is 0.345 e. The third-order valence-corrected chi connectivity index (χ3v) is 2.76. The van der Waals surface area contributed by atoms with Gasteiger partial charge in [0.25, 0.3) is 0 Å². The van der Waals surface area contributed by atoms with Crippen LogP contribution in [0.3, 0.4) is 0 Å². The molecule has 0 spiro atoms. The average molecular weight is 228 g/mol. The molecule has 0 aliphatic carbocycles. The molecule has 0 saturated heterocycles. The second-order valence-electron chi connectivity index (χ2n) is 4.59. The lowest BCUT2D eigenvalue weighted by Gasteiger charge is -2.31. The number of carbonyl (C=O) groups is 1. The zero-order valence-electron chi connectivity index (χ0n) is 9.69. The summed E-state index contributed by atoms with van der Waals surface area (Å²) in [5.74, 6) is -0.640. The Morgan fingerprint density at radius 3 is 2.35 bits per heavy atom. The van der Waals surface area contributed by atoms with Crippen LogP contribution in [0.4, 0.5) is 0 Å². The van der Waals surface area contributed by atoms with E-state index < -0.39 is 5.79 Å². The molecule has 0 radical (unpaired) electrons. The molecule has 1 aliphatic heterocycles. The van der Waals surface area contributed by atoms with Crippen LogP contribution in [-0.4, -0.2) is 11.8 Å². The van der Waals surface area contributed by atoms with Crippen molar-refractivity contribution in [1.29, 1.82) is 0 Å². The summed E-state index contributed by atoms with van der Waals surface area (Å²) in [4.78, 5) is 11.8. The number of hydrogen-bond acceptors (Lipinski definition) is 3. The standard InChI is InChI=1S/C14H12O3/c1-14(2)16-12-8-10-6-4-3-5-9(10)7-11(12)13(15)17-14/h3-8H,1-2H3. The molecule has 1 heterocycles. The maximum absolute atomic E-state index is 11.8. The van der Waals surface area contributed by atoms with Gasteiger partial charge >= 0.3 is 5.97 Å². The van der Waals surface area contributed by atoms with Crippen LogP contribution >= 0.6 is 0 Å². The quantitative estimate of drug-likeness (QED) is 0.650. The lowest BCUT2D eigenvalue weighted by atomic mass is 10.0. The van der Waals surface area contributed by atoms with Gasteiger partial charge in [-0.15, -0.1) is 0 Å². The molecule has 0 aromatic heterocycles. The number of fused-ring (bicyclic) bond motifs is 2. The highest BCUT2D eigenvalue weighted by Crippen LogP contribution is 2.34. The van der Waals surface area contributed by atoms with Gasteiger partial charge in [-0.1, -0.05) is 24.3 Å². The van der Waals surface area contributed by atoms with Crippen molar-refractivity contribution in [1.82, 2.24) is 0 Å². The lowest BCUT2D eigenvalue weighted by Crippen LogP contribution is -2.38. The molecule has 1 aliphatic rings. The van der Waals surface area contributed by atoms with Crippen LogP contribution < -0.4 is 4.74 Å². The fraction of sp³-hybridized carbons (Fsp3) is 0.214. The topological polar surface area (TPSA) is 35.5 Å². The molecule has 0 bridgehead atoms. The Labute approximate surface area is 99.0 Å². The van der Waals surface area contributed by atoms with Crippen LogP contribution in [0.2, 0.25) is 0 Å². The summed E-state index contributed by atoms with van der Waals surface area (Å²) >= 11 is 0. The zero-order chi connectivity index (χ0) is 12.0. The van der Waals surface area contributed by atoms with Crippen LogP contribution in [0.25, 0.3) is 10.8 Å². The Bertz CT molecular complexity index is 614. The van der Waals surface area contributed by atoms with E-state index in [1.807, 2.05) is 36.4 Å². The predicted octanol–water partition coefficient (Wildman–Crippen LogP) is 3.13. The van der Waals surface area contributed by atoms with E-state index in [1.54, 1.807) is 13.8 Å². The van der Waals surface area contributed by atoms with Gasteiger partial charge in [-0.25, -0.2) is 4.79 Å². The summed E-state index contributed by atoms with van der Waals surface area (Å²) in [6, 6.07) is 11.5. The highest BCUT2D eigenvalue weighted by Gasteiger charge is 2.33. The van der Waals surface area contributed by atoms with E-state index in [0.29, 0.717) is 11.3 Å². The maximum atomic E-state index is 11.8. The first-order valence-corrected chi connectivity index (χ1v) is 5.50.